The highest BCUT2D eigenvalue weighted by atomic mass is 79.9. The molecule has 0 saturated heterocycles. The molecule has 1 amide bonds. The molecule has 0 aliphatic carbocycles. The minimum absolute atomic E-state index is 0.105. The molecule has 0 spiro atoms. The summed E-state index contributed by atoms with van der Waals surface area (Å²) in [5.74, 6) is -0.428. The zero-order valence-corrected chi connectivity index (χ0v) is 13.0. The van der Waals surface area contributed by atoms with Crippen LogP contribution in [0.25, 0.3) is 0 Å². The number of benzene rings is 2. The van der Waals surface area contributed by atoms with Gasteiger partial charge in [-0.15, -0.1) is 0 Å². The molecule has 3 nitrogen and oxygen atoms in total. The second kappa shape index (κ2) is 7.22. The second-order valence-corrected chi connectivity index (χ2v) is 5.67. The molecule has 0 aliphatic rings. The van der Waals surface area contributed by atoms with E-state index in [9.17, 15) is 9.18 Å². The first-order valence-electron chi connectivity index (χ1n) is 6.59. The molecule has 110 valence electrons. The fourth-order valence-corrected chi connectivity index (χ4v) is 2.31. The smallest absolute Gasteiger partial charge is 0.220 e. The number of rotatable bonds is 5. The quantitative estimate of drug-likeness (QED) is 0.811. The van der Waals surface area contributed by atoms with Gasteiger partial charge in [0.1, 0.15) is 5.82 Å². The van der Waals surface area contributed by atoms with Crippen molar-refractivity contribution in [2.24, 2.45) is 0 Å². The summed E-state index contributed by atoms with van der Waals surface area (Å²) in [5.41, 5.74) is 7.82. The van der Waals surface area contributed by atoms with Gasteiger partial charge in [0.15, 0.2) is 0 Å². The third-order valence-corrected chi connectivity index (χ3v) is 3.60. The maximum atomic E-state index is 13.5. The predicted molar refractivity (Wildman–Crippen MR) is 85.1 cm³/mol. The van der Waals surface area contributed by atoms with E-state index in [2.05, 4.69) is 21.2 Å². The van der Waals surface area contributed by atoms with E-state index in [1.54, 1.807) is 12.1 Å². The van der Waals surface area contributed by atoms with Gasteiger partial charge < -0.3 is 11.1 Å². The van der Waals surface area contributed by atoms with Gasteiger partial charge in [0, 0.05) is 28.7 Å². The molecule has 2 aromatic rings. The molecule has 3 N–H and O–H groups in total. The number of hydrogen-bond donors (Lipinski definition) is 2. The van der Waals surface area contributed by atoms with E-state index < -0.39 is 0 Å². The zero-order chi connectivity index (χ0) is 15.2. The van der Waals surface area contributed by atoms with Crippen molar-refractivity contribution in [1.82, 2.24) is 5.32 Å². The van der Waals surface area contributed by atoms with Crippen LogP contribution in [0, 0.1) is 5.82 Å². The minimum atomic E-state index is -0.322. The largest absolute Gasteiger partial charge is 0.399 e. The topological polar surface area (TPSA) is 55.1 Å². The molecule has 0 heterocycles. The van der Waals surface area contributed by atoms with Crippen molar-refractivity contribution in [1.29, 1.82) is 0 Å². The number of nitrogen functional groups attached to an aromatic ring is 1. The van der Waals surface area contributed by atoms with Crippen molar-refractivity contribution in [3.63, 3.8) is 0 Å². The fraction of sp³-hybridized carbons (Fsp3) is 0.188. The number of carbonyl (C=O) groups is 1. The molecule has 0 bridgehead atoms. The summed E-state index contributed by atoms with van der Waals surface area (Å²) in [7, 11) is 0. The van der Waals surface area contributed by atoms with Crippen LogP contribution in [0.15, 0.2) is 46.9 Å². The molecular formula is C16H16BrFN2O. The number of nitrogens with two attached hydrogens (primary N) is 1. The Hall–Kier alpha value is -1.88. The Balaban J connectivity index is 1.82. The van der Waals surface area contributed by atoms with Crippen LogP contribution in [0.5, 0.6) is 0 Å². The number of aryl methyl sites for hydroxylation is 1. The lowest BCUT2D eigenvalue weighted by Gasteiger charge is -2.07. The highest BCUT2D eigenvalue weighted by molar-refractivity contribution is 9.10. The van der Waals surface area contributed by atoms with Crippen molar-refractivity contribution in [3.8, 4) is 0 Å². The first-order chi connectivity index (χ1) is 10.0. The number of hydrogen-bond acceptors (Lipinski definition) is 2. The van der Waals surface area contributed by atoms with Crippen LogP contribution >= 0.6 is 15.9 Å². The normalized spacial score (nSPS) is 10.4. The molecule has 0 unspecified atom stereocenters. The maximum Gasteiger partial charge on any atom is 0.220 e. The molecule has 0 radical (unpaired) electrons. The molecule has 2 aromatic carbocycles. The van der Waals surface area contributed by atoms with Gasteiger partial charge in [0.05, 0.1) is 0 Å². The van der Waals surface area contributed by atoms with Gasteiger partial charge in [0.25, 0.3) is 0 Å². The van der Waals surface area contributed by atoms with Gasteiger partial charge >= 0.3 is 0 Å². The Morgan fingerprint density at radius 3 is 2.62 bits per heavy atom. The van der Waals surface area contributed by atoms with E-state index in [1.165, 1.54) is 6.07 Å². The van der Waals surface area contributed by atoms with Crippen molar-refractivity contribution in [2.75, 3.05) is 5.73 Å². The Morgan fingerprint density at radius 1 is 1.19 bits per heavy atom. The first-order valence-corrected chi connectivity index (χ1v) is 7.39. The average Bonchev–Trinajstić information content (AvgIpc) is 2.47. The van der Waals surface area contributed by atoms with Crippen molar-refractivity contribution < 1.29 is 9.18 Å². The van der Waals surface area contributed by atoms with E-state index in [0.717, 1.165) is 10.0 Å². The molecular weight excluding hydrogens is 335 g/mol. The van der Waals surface area contributed by atoms with Gasteiger partial charge in [-0.1, -0.05) is 28.1 Å². The van der Waals surface area contributed by atoms with Gasteiger partial charge in [-0.3, -0.25) is 4.79 Å². The second-order valence-electron chi connectivity index (χ2n) is 4.75. The minimum Gasteiger partial charge on any atom is -0.399 e. The first kappa shape index (κ1) is 15.5. The fourth-order valence-electron chi connectivity index (χ4n) is 1.90. The van der Waals surface area contributed by atoms with Crippen molar-refractivity contribution in [3.05, 3.63) is 63.9 Å². The number of amides is 1. The van der Waals surface area contributed by atoms with Gasteiger partial charge in [-0.2, -0.15) is 0 Å². The number of anilines is 1. The van der Waals surface area contributed by atoms with Crippen LogP contribution < -0.4 is 11.1 Å². The van der Waals surface area contributed by atoms with Gasteiger partial charge in [-0.25, -0.2) is 4.39 Å². The molecule has 0 fully saturated rings. The van der Waals surface area contributed by atoms with E-state index in [0.29, 0.717) is 24.1 Å². The standard InChI is InChI=1S/C16H16BrFN2O/c17-13-4-7-15(18)12(9-13)10-20-16(21)8-3-11-1-5-14(19)6-2-11/h1-2,4-7,9H,3,8,10,19H2,(H,20,21). The SMILES string of the molecule is Nc1ccc(CCC(=O)NCc2cc(Br)ccc2F)cc1. The molecule has 0 aliphatic heterocycles. The maximum absolute atomic E-state index is 13.5. The summed E-state index contributed by atoms with van der Waals surface area (Å²) < 4.78 is 14.3. The monoisotopic (exact) mass is 350 g/mol. The Kier molecular flexibility index (Phi) is 5.33. The van der Waals surface area contributed by atoms with Crippen LogP contribution in [-0.4, -0.2) is 5.91 Å². The van der Waals surface area contributed by atoms with Crippen LogP contribution in [-0.2, 0) is 17.8 Å². The van der Waals surface area contributed by atoms with Crippen molar-refractivity contribution in [2.45, 2.75) is 19.4 Å². The third-order valence-electron chi connectivity index (χ3n) is 3.10. The molecule has 0 atom stereocenters. The van der Waals surface area contributed by atoms with Crippen LogP contribution in [0.2, 0.25) is 0 Å². The summed E-state index contributed by atoms with van der Waals surface area (Å²) in [6.07, 6.45) is 0.993. The van der Waals surface area contributed by atoms with E-state index >= 15 is 0 Å². The summed E-state index contributed by atoms with van der Waals surface area (Å²) >= 11 is 3.28. The summed E-state index contributed by atoms with van der Waals surface area (Å²) in [6, 6.07) is 12.1. The lowest BCUT2D eigenvalue weighted by atomic mass is 10.1. The van der Waals surface area contributed by atoms with Gasteiger partial charge in [-0.05, 0) is 42.3 Å². The summed E-state index contributed by atoms with van der Waals surface area (Å²) in [5, 5.41) is 2.72. The number of nitrogens with one attached hydrogen (secondary N) is 1. The summed E-state index contributed by atoms with van der Waals surface area (Å²) in [6.45, 7) is 0.186. The average molecular weight is 351 g/mol. The van der Waals surface area contributed by atoms with Gasteiger partial charge in [0.2, 0.25) is 5.91 Å². The Morgan fingerprint density at radius 2 is 1.90 bits per heavy atom. The molecule has 2 rings (SSSR count). The lowest BCUT2D eigenvalue weighted by Crippen LogP contribution is -2.23. The van der Waals surface area contributed by atoms with E-state index in [1.807, 2.05) is 24.3 Å². The number of halogens is 2. The predicted octanol–water partition coefficient (Wildman–Crippen LogP) is 3.42. The van der Waals surface area contributed by atoms with Crippen LogP contribution in [0.4, 0.5) is 10.1 Å². The third kappa shape index (κ3) is 4.86. The van der Waals surface area contributed by atoms with Crippen LogP contribution in [0.1, 0.15) is 17.5 Å². The van der Waals surface area contributed by atoms with E-state index in [-0.39, 0.29) is 18.3 Å². The molecule has 5 heteroatoms. The lowest BCUT2D eigenvalue weighted by molar-refractivity contribution is -0.121. The molecule has 0 saturated carbocycles. The zero-order valence-electron chi connectivity index (χ0n) is 11.4. The highest BCUT2D eigenvalue weighted by Crippen LogP contribution is 2.15. The number of carbonyl (C=O) groups excluding carboxylic acids is 1. The molecule has 21 heavy (non-hydrogen) atoms. The summed E-state index contributed by atoms with van der Waals surface area (Å²) in [4.78, 5) is 11.8. The highest BCUT2D eigenvalue weighted by Gasteiger charge is 2.06. The van der Waals surface area contributed by atoms with Crippen molar-refractivity contribution >= 4 is 27.5 Å². The Labute approximate surface area is 131 Å². The Bertz CT molecular complexity index is 629. The van der Waals surface area contributed by atoms with E-state index in [4.69, 9.17) is 5.73 Å². The van der Waals surface area contributed by atoms with Crippen LogP contribution in [0.3, 0.4) is 0 Å². The molecule has 0 aromatic heterocycles.